The van der Waals surface area contributed by atoms with Crippen molar-refractivity contribution in [3.63, 3.8) is 0 Å². The third kappa shape index (κ3) is 3.69. The fourth-order valence-corrected chi connectivity index (χ4v) is 3.84. The molecule has 4 N–H and O–H groups in total. The summed E-state index contributed by atoms with van der Waals surface area (Å²) in [7, 11) is 0. The summed E-state index contributed by atoms with van der Waals surface area (Å²) < 4.78 is 0. The van der Waals surface area contributed by atoms with Crippen molar-refractivity contribution in [2.75, 3.05) is 11.9 Å². The normalized spacial score (nSPS) is 18.4. The van der Waals surface area contributed by atoms with Crippen LogP contribution in [0.15, 0.2) is 42.5 Å². The lowest BCUT2D eigenvalue weighted by Crippen LogP contribution is -2.54. The van der Waals surface area contributed by atoms with Gasteiger partial charge in [-0.1, -0.05) is 18.2 Å². The largest absolute Gasteiger partial charge is 0.381 e. The lowest BCUT2D eigenvalue weighted by atomic mass is 10.0. The summed E-state index contributed by atoms with van der Waals surface area (Å²) in [5.41, 5.74) is 9.07. The summed E-state index contributed by atoms with van der Waals surface area (Å²) >= 11 is 0. The van der Waals surface area contributed by atoms with E-state index >= 15 is 0 Å². The Labute approximate surface area is 173 Å². The molecule has 2 aliphatic heterocycles. The lowest BCUT2D eigenvalue weighted by molar-refractivity contribution is -0.136. The number of nitrogens with one attached hydrogen (secondary N) is 2. The van der Waals surface area contributed by atoms with Crippen molar-refractivity contribution in [3.8, 4) is 0 Å². The second kappa shape index (κ2) is 8.08. The number of nitrogens with zero attached hydrogens (tertiary/aromatic N) is 1. The molecule has 8 heteroatoms. The number of carbonyl (C=O) groups excluding carboxylic acids is 4. The van der Waals surface area contributed by atoms with E-state index < -0.39 is 29.7 Å². The molecule has 1 saturated heterocycles. The highest BCUT2D eigenvalue weighted by Gasteiger charge is 2.44. The van der Waals surface area contributed by atoms with Gasteiger partial charge in [0.15, 0.2) is 0 Å². The van der Waals surface area contributed by atoms with Gasteiger partial charge in [0.25, 0.3) is 11.8 Å². The molecule has 2 heterocycles. The molecule has 0 bridgehead atoms. The highest BCUT2D eigenvalue weighted by atomic mass is 16.2. The van der Waals surface area contributed by atoms with Gasteiger partial charge in [-0.15, -0.1) is 0 Å². The summed E-state index contributed by atoms with van der Waals surface area (Å²) in [5, 5.41) is 5.51. The molecule has 154 valence electrons. The zero-order valence-corrected chi connectivity index (χ0v) is 16.3. The second-order valence-electron chi connectivity index (χ2n) is 7.42. The van der Waals surface area contributed by atoms with Crippen molar-refractivity contribution in [2.45, 2.75) is 31.8 Å². The van der Waals surface area contributed by atoms with Crippen LogP contribution in [0.25, 0.3) is 0 Å². The molecule has 0 saturated carbocycles. The number of benzene rings is 2. The fraction of sp³-hybridized carbons (Fsp3) is 0.273. The predicted octanol–water partition coefficient (Wildman–Crippen LogP) is 1.20. The summed E-state index contributed by atoms with van der Waals surface area (Å²) in [6, 6.07) is 12.1. The first kappa shape index (κ1) is 19.8. The predicted molar refractivity (Wildman–Crippen MR) is 110 cm³/mol. The van der Waals surface area contributed by atoms with Crippen LogP contribution in [0.3, 0.4) is 0 Å². The Morgan fingerprint density at radius 1 is 1.00 bits per heavy atom. The van der Waals surface area contributed by atoms with E-state index in [0.29, 0.717) is 13.1 Å². The molecule has 0 aromatic heterocycles. The minimum absolute atomic E-state index is 0.0994. The number of carbonyl (C=O) groups is 4. The third-order valence-electron chi connectivity index (χ3n) is 5.36. The van der Waals surface area contributed by atoms with Gasteiger partial charge in [-0.2, -0.15) is 0 Å². The molecule has 0 spiro atoms. The molecule has 2 aliphatic rings. The first-order valence-electron chi connectivity index (χ1n) is 9.85. The van der Waals surface area contributed by atoms with E-state index in [0.717, 1.165) is 28.1 Å². The Balaban J connectivity index is 1.50. The van der Waals surface area contributed by atoms with Crippen LogP contribution in [-0.4, -0.2) is 41.1 Å². The molecular formula is C22H22N4O4. The van der Waals surface area contributed by atoms with E-state index in [9.17, 15) is 19.2 Å². The van der Waals surface area contributed by atoms with Crippen LogP contribution in [-0.2, 0) is 22.6 Å². The van der Waals surface area contributed by atoms with Crippen LogP contribution in [0.1, 0.15) is 44.7 Å². The van der Waals surface area contributed by atoms with Crippen LogP contribution in [0.5, 0.6) is 0 Å². The fourth-order valence-electron chi connectivity index (χ4n) is 3.84. The number of hydrogen-bond donors (Lipinski definition) is 3. The number of imide groups is 2. The molecule has 0 aliphatic carbocycles. The summed E-state index contributed by atoms with van der Waals surface area (Å²) in [4.78, 5) is 50.1. The Bertz CT molecular complexity index is 1050. The van der Waals surface area contributed by atoms with E-state index in [-0.39, 0.29) is 24.0 Å². The van der Waals surface area contributed by atoms with Gasteiger partial charge in [0.05, 0.1) is 11.1 Å². The highest BCUT2D eigenvalue weighted by Crippen LogP contribution is 2.28. The van der Waals surface area contributed by atoms with Crippen molar-refractivity contribution < 1.29 is 19.2 Å². The number of nitrogens with two attached hydrogens (primary N) is 1. The summed E-state index contributed by atoms with van der Waals surface area (Å²) in [6.07, 6.45) is 1.03. The van der Waals surface area contributed by atoms with E-state index in [1.54, 1.807) is 18.2 Å². The minimum Gasteiger partial charge on any atom is -0.381 e. The number of rotatable bonds is 6. The molecule has 8 nitrogen and oxygen atoms in total. The van der Waals surface area contributed by atoms with Crippen LogP contribution >= 0.6 is 0 Å². The molecular weight excluding hydrogens is 384 g/mol. The molecule has 4 rings (SSSR count). The van der Waals surface area contributed by atoms with E-state index in [4.69, 9.17) is 5.73 Å². The Morgan fingerprint density at radius 3 is 2.57 bits per heavy atom. The first-order chi connectivity index (χ1) is 14.5. The van der Waals surface area contributed by atoms with Crippen LogP contribution in [0.4, 0.5) is 5.69 Å². The summed E-state index contributed by atoms with van der Waals surface area (Å²) in [5.74, 6) is -2.01. The van der Waals surface area contributed by atoms with E-state index in [1.807, 2.05) is 24.3 Å². The lowest BCUT2D eigenvalue weighted by Gasteiger charge is -2.27. The zero-order chi connectivity index (χ0) is 21.3. The van der Waals surface area contributed by atoms with Gasteiger partial charge >= 0.3 is 0 Å². The molecule has 1 unspecified atom stereocenters. The Hall–Kier alpha value is -3.52. The average molecular weight is 406 g/mol. The topological polar surface area (TPSA) is 122 Å². The highest BCUT2D eigenvalue weighted by molar-refractivity contribution is 6.23. The van der Waals surface area contributed by atoms with Gasteiger partial charge in [-0.05, 0) is 54.8 Å². The zero-order valence-electron chi connectivity index (χ0n) is 16.3. The van der Waals surface area contributed by atoms with Gasteiger partial charge < -0.3 is 11.1 Å². The van der Waals surface area contributed by atoms with Gasteiger partial charge in [0.1, 0.15) is 6.04 Å². The van der Waals surface area contributed by atoms with Gasteiger partial charge in [0.2, 0.25) is 11.8 Å². The van der Waals surface area contributed by atoms with Crippen molar-refractivity contribution in [3.05, 3.63) is 64.7 Å². The van der Waals surface area contributed by atoms with Crippen molar-refractivity contribution >= 4 is 29.3 Å². The minimum atomic E-state index is -0.957. The smallest absolute Gasteiger partial charge is 0.262 e. The van der Waals surface area contributed by atoms with Gasteiger partial charge in [-0.3, -0.25) is 29.4 Å². The SMILES string of the molecule is NCCc1cccc(NCc2ccc3c(c2)C(=O)N(C2CCC(=O)NC2=O)C3=O)c1. The molecule has 4 amide bonds. The Kier molecular flexibility index (Phi) is 5.33. The van der Waals surface area contributed by atoms with Crippen molar-refractivity contribution in [1.29, 1.82) is 0 Å². The first-order valence-corrected chi connectivity index (χ1v) is 9.85. The van der Waals surface area contributed by atoms with Crippen molar-refractivity contribution in [2.24, 2.45) is 5.73 Å². The molecule has 1 fully saturated rings. The maximum Gasteiger partial charge on any atom is 0.262 e. The average Bonchev–Trinajstić information content (AvgIpc) is 2.97. The van der Waals surface area contributed by atoms with Gasteiger partial charge in [-0.25, -0.2) is 0 Å². The monoisotopic (exact) mass is 406 g/mol. The van der Waals surface area contributed by atoms with E-state index in [1.165, 1.54) is 0 Å². The maximum atomic E-state index is 12.9. The maximum absolute atomic E-state index is 12.9. The van der Waals surface area contributed by atoms with E-state index in [2.05, 4.69) is 10.6 Å². The quantitative estimate of drug-likeness (QED) is 0.620. The second-order valence-corrected chi connectivity index (χ2v) is 7.42. The molecule has 0 radical (unpaired) electrons. The standard InChI is InChI=1S/C22H22N4O4/c23-9-8-13-2-1-3-15(10-13)24-12-14-4-5-16-17(11-14)22(30)26(21(16)29)18-6-7-19(27)25-20(18)28/h1-5,10-11,18,24H,6-9,12,23H2,(H,25,27,28). The number of amides is 4. The number of piperidine rings is 1. The van der Waals surface area contributed by atoms with Crippen LogP contribution in [0, 0.1) is 0 Å². The number of hydrogen-bond acceptors (Lipinski definition) is 6. The Morgan fingerprint density at radius 2 is 1.80 bits per heavy atom. The third-order valence-corrected chi connectivity index (χ3v) is 5.36. The molecule has 1 atom stereocenters. The van der Waals surface area contributed by atoms with Crippen LogP contribution in [0.2, 0.25) is 0 Å². The molecule has 30 heavy (non-hydrogen) atoms. The van der Waals surface area contributed by atoms with Crippen LogP contribution < -0.4 is 16.4 Å². The molecule has 2 aromatic rings. The molecule has 2 aromatic carbocycles. The van der Waals surface area contributed by atoms with Crippen molar-refractivity contribution in [1.82, 2.24) is 10.2 Å². The summed E-state index contributed by atoms with van der Waals surface area (Å²) in [6.45, 7) is 1.05. The number of fused-ring (bicyclic) bond motifs is 1. The van der Waals surface area contributed by atoms with Gasteiger partial charge in [0, 0.05) is 18.7 Å². The number of anilines is 1.